The summed E-state index contributed by atoms with van der Waals surface area (Å²) in [6.45, 7) is 0. The van der Waals surface area contributed by atoms with Gasteiger partial charge in [0.2, 0.25) is 5.82 Å². The molecule has 2 aromatic rings. The average molecular weight is 312 g/mol. The van der Waals surface area contributed by atoms with Crippen molar-refractivity contribution >= 4 is 28.4 Å². The Hall–Kier alpha value is -1.67. The fourth-order valence-corrected chi connectivity index (χ4v) is 1.48. The Balaban J connectivity index is 2.43. The molecule has 0 saturated heterocycles. The number of hydrogen-bond donors (Lipinski definition) is 0. The smallest absolute Gasteiger partial charge is 0.329 e. The first-order chi connectivity index (χ1) is 8.79. The van der Waals surface area contributed by atoms with Crippen LogP contribution in [-0.4, -0.2) is 20.4 Å². The summed E-state index contributed by atoms with van der Waals surface area (Å²) in [7, 11) is 0. The van der Waals surface area contributed by atoms with Crippen LogP contribution in [0.5, 0.6) is 0 Å². The zero-order chi connectivity index (χ0) is 14.2. The van der Waals surface area contributed by atoms with E-state index in [4.69, 9.17) is 23.2 Å². The molecular weight excluding hydrogens is 310 g/mol. The molecule has 0 aliphatic heterocycles. The van der Waals surface area contributed by atoms with Crippen molar-refractivity contribution in [2.75, 3.05) is 0 Å². The molecular formula is C9H2Cl2F3N3O2. The topological polar surface area (TPSA) is 68.9 Å². The second-order valence-electron chi connectivity index (χ2n) is 3.25. The van der Waals surface area contributed by atoms with Crippen LogP contribution in [0.1, 0.15) is 16.2 Å². The monoisotopic (exact) mass is 311 g/mol. The third-order valence-corrected chi connectivity index (χ3v) is 2.42. The molecule has 0 aliphatic carbocycles. The van der Waals surface area contributed by atoms with Crippen molar-refractivity contribution in [3.05, 3.63) is 28.7 Å². The Bertz CT molecular complexity index is 642. The van der Waals surface area contributed by atoms with E-state index in [9.17, 15) is 18.0 Å². The third kappa shape index (κ3) is 2.85. The number of halogens is 5. The lowest BCUT2D eigenvalue weighted by Crippen LogP contribution is -2.06. The second-order valence-corrected chi connectivity index (χ2v) is 4.00. The number of carbonyl (C=O) groups is 1. The van der Waals surface area contributed by atoms with Crippen LogP contribution < -0.4 is 0 Å². The Morgan fingerprint density at radius 1 is 1.37 bits per heavy atom. The summed E-state index contributed by atoms with van der Waals surface area (Å²) in [5.74, 6) is -0.739. The van der Waals surface area contributed by atoms with Gasteiger partial charge in [0.25, 0.3) is 0 Å². The van der Waals surface area contributed by atoms with Gasteiger partial charge < -0.3 is 4.52 Å². The van der Waals surface area contributed by atoms with Crippen molar-refractivity contribution in [2.24, 2.45) is 0 Å². The first-order valence-electron chi connectivity index (χ1n) is 4.55. The second kappa shape index (κ2) is 4.78. The number of aromatic nitrogens is 3. The van der Waals surface area contributed by atoms with E-state index in [0.717, 1.165) is 0 Å². The van der Waals surface area contributed by atoms with Crippen LogP contribution in [0.4, 0.5) is 13.2 Å². The minimum Gasteiger partial charge on any atom is -0.329 e. The highest BCUT2D eigenvalue weighted by molar-refractivity contribution is 6.67. The van der Waals surface area contributed by atoms with Crippen molar-refractivity contribution < 1.29 is 22.5 Å². The van der Waals surface area contributed by atoms with Gasteiger partial charge in [0.15, 0.2) is 0 Å². The van der Waals surface area contributed by atoms with Gasteiger partial charge in [-0.05, 0) is 17.7 Å². The van der Waals surface area contributed by atoms with Crippen LogP contribution in [-0.2, 0) is 6.18 Å². The minimum atomic E-state index is -4.57. The standard InChI is InChI=1S/C9H2Cl2F3N3O2/c10-4-1-3(9(12,13)14)2-15-5(4)7-16-8(6(11)18)19-17-7/h1-2H. The van der Waals surface area contributed by atoms with Crippen LogP contribution in [0.2, 0.25) is 5.02 Å². The van der Waals surface area contributed by atoms with Gasteiger partial charge in [-0.25, -0.2) is 0 Å². The van der Waals surface area contributed by atoms with Crippen LogP contribution in [0.15, 0.2) is 16.8 Å². The highest BCUT2D eigenvalue weighted by Gasteiger charge is 2.32. The van der Waals surface area contributed by atoms with Crippen LogP contribution in [0.25, 0.3) is 11.5 Å². The molecule has 19 heavy (non-hydrogen) atoms. The van der Waals surface area contributed by atoms with Crippen molar-refractivity contribution in [3.63, 3.8) is 0 Å². The molecule has 100 valence electrons. The van der Waals surface area contributed by atoms with E-state index >= 15 is 0 Å². The summed E-state index contributed by atoms with van der Waals surface area (Å²) in [4.78, 5) is 17.8. The molecule has 0 atom stereocenters. The molecule has 2 heterocycles. The number of nitrogens with zero attached hydrogens (tertiary/aromatic N) is 3. The quantitative estimate of drug-likeness (QED) is 0.797. The van der Waals surface area contributed by atoms with E-state index in [1.807, 2.05) is 0 Å². The fourth-order valence-electron chi connectivity index (χ4n) is 1.16. The summed E-state index contributed by atoms with van der Waals surface area (Å²) in [5, 5.41) is 2.01. The highest BCUT2D eigenvalue weighted by Crippen LogP contribution is 2.33. The van der Waals surface area contributed by atoms with Crippen LogP contribution >= 0.6 is 23.2 Å². The number of hydrogen-bond acceptors (Lipinski definition) is 5. The number of rotatable bonds is 2. The van der Waals surface area contributed by atoms with E-state index in [-0.39, 0.29) is 16.5 Å². The summed E-state index contributed by atoms with van der Waals surface area (Å²) >= 11 is 10.7. The molecule has 0 N–H and O–H groups in total. The van der Waals surface area contributed by atoms with Crippen molar-refractivity contribution in [1.29, 1.82) is 0 Å². The molecule has 0 radical (unpaired) electrons. The Morgan fingerprint density at radius 2 is 2.05 bits per heavy atom. The van der Waals surface area contributed by atoms with Gasteiger partial charge in [0.05, 0.1) is 10.6 Å². The van der Waals surface area contributed by atoms with E-state index in [1.165, 1.54) is 0 Å². The summed E-state index contributed by atoms with van der Waals surface area (Å²) in [6.07, 6.45) is -4.00. The molecule has 0 aliphatic rings. The van der Waals surface area contributed by atoms with Crippen molar-refractivity contribution in [1.82, 2.24) is 15.1 Å². The molecule has 0 fully saturated rings. The van der Waals surface area contributed by atoms with Gasteiger partial charge in [-0.2, -0.15) is 18.2 Å². The van der Waals surface area contributed by atoms with Gasteiger partial charge in [0.1, 0.15) is 5.69 Å². The van der Waals surface area contributed by atoms with Gasteiger partial charge in [-0.1, -0.05) is 16.8 Å². The van der Waals surface area contributed by atoms with E-state index in [0.29, 0.717) is 12.3 Å². The van der Waals surface area contributed by atoms with Crippen LogP contribution in [0.3, 0.4) is 0 Å². The Kier molecular flexibility index (Phi) is 3.46. The summed E-state index contributed by atoms with van der Waals surface area (Å²) in [6, 6.07) is 0.669. The Labute approximate surface area is 113 Å². The molecule has 10 heteroatoms. The predicted octanol–water partition coefficient (Wildman–Crippen LogP) is 3.18. The molecule has 0 aromatic carbocycles. The lowest BCUT2D eigenvalue weighted by Gasteiger charge is -2.07. The molecule has 0 unspecified atom stereocenters. The lowest BCUT2D eigenvalue weighted by molar-refractivity contribution is -0.137. The predicted molar refractivity (Wildman–Crippen MR) is 57.7 cm³/mol. The lowest BCUT2D eigenvalue weighted by atomic mass is 10.2. The average Bonchev–Trinajstić information content (AvgIpc) is 2.76. The SMILES string of the molecule is O=C(Cl)c1nc(-c2ncc(C(F)(F)F)cc2Cl)no1. The largest absolute Gasteiger partial charge is 0.417 e. The van der Waals surface area contributed by atoms with Gasteiger partial charge in [-0.15, -0.1) is 0 Å². The van der Waals surface area contributed by atoms with Crippen molar-refractivity contribution in [3.8, 4) is 11.5 Å². The number of carbonyl (C=O) groups excluding carboxylic acids is 1. The van der Waals surface area contributed by atoms with E-state index in [2.05, 4.69) is 19.6 Å². The summed E-state index contributed by atoms with van der Waals surface area (Å²) < 4.78 is 41.7. The van der Waals surface area contributed by atoms with Crippen molar-refractivity contribution in [2.45, 2.75) is 6.18 Å². The van der Waals surface area contributed by atoms with Gasteiger partial charge in [0, 0.05) is 6.20 Å². The molecule has 0 spiro atoms. The van der Waals surface area contributed by atoms with Gasteiger partial charge >= 0.3 is 17.3 Å². The fraction of sp³-hybridized carbons (Fsp3) is 0.111. The Morgan fingerprint density at radius 3 is 2.53 bits per heavy atom. The zero-order valence-electron chi connectivity index (χ0n) is 8.70. The molecule has 2 aromatic heterocycles. The normalized spacial score (nSPS) is 11.6. The van der Waals surface area contributed by atoms with Gasteiger partial charge in [-0.3, -0.25) is 9.78 Å². The molecule has 5 nitrogen and oxygen atoms in total. The summed E-state index contributed by atoms with van der Waals surface area (Å²) in [5.41, 5.74) is -1.17. The maximum absolute atomic E-state index is 12.4. The zero-order valence-corrected chi connectivity index (χ0v) is 10.2. The molecule has 0 bridgehead atoms. The minimum absolute atomic E-state index is 0.150. The molecule has 0 amide bonds. The first-order valence-corrected chi connectivity index (χ1v) is 5.31. The molecule has 0 saturated carbocycles. The third-order valence-electron chi connectivity index (χ3n) is 1.97. The first kappa shape index (κ1) is 13.8. The maximum Gasteiger partial charge on any atom is 0.417 e. The maximum atomic E-state index is 12.4. The number of pyridine rings is 1. The van der Waals surface area contributed by atoms with Crippen LogP contribution in [0, 0.1) is 0 Å². The number of alkyl halides is 3. The highest BCUT2D eigenvalue weighted by atomic mass is 35.5. The molecule has 2 rings (SSSR count). The van der Waals surface area contributed by atoms with E-state index < -0.39 is 22.9 Å². The van der Waals surface area contributed by atoms with E-state index in [1.54, 1.807) is 0 Å².